The average molecular weight is 702 g/mol. The molecule has 2 aromatic rings. The number of carbonyl (C=O) groups is 4. The van der Waals surface area contributed by atoms with E-state index in [2.05, 4.69) is 55.4 Å². The molecule has 2 unspecified atom stereocenters. The lowest BCUT2D eigenvalue weighted by Gasteiger charge is -2.63. The first kappa shape index (κ1) is 35.6. The molecule has 4 fully saturated rings. The fourth-order valence-corrected chi connectivity index (χ4v) is 8.86. The zero-order valence-electron chi connectivity index (χ0n) is 28.9. The number of benzene rings is 2. The van der Waals surface area contributed by atoms with E-state index in [9.17, 15) is 24.3 Å². The maximum Gasteiger partial charge on any atom is 0.251 e. The fourth-order valence-electron chi connectivity index (χ4n) is 8.64. The molecule has 3 N–H and O–H groups in total. The van der Waals surface area contributed by atoms with Gasteiger partial charge in [0.2, 0.25) is 17.7 Å². The third-order valence-electron chi connectivity index (χ3n) is 11.2. The van der Waals surface area contributed by atoms with Gasteiger partial charge in [0.05, 0.1) is 22.0 Å². The van der Waals surface area contributed by atoms with E-state index < -0.39 is 17.7 Å². The summed E-state index contributed by atoms with van der Waals surface area (Å²) in [6.07, 6.45) is 4.35. The topological polar surface area (TPSA) is 152 Å². The molecule has 1 saturated carbocycles. The predicted octanol–water partition coefficient (Wildman–Crippen LogP) is 4.27. The predicted molar refractivity (Wildman–Crippen MR) is 187 cm³/mol. The maximum atomic E-state index is 13.5. The Morgan fingerprint density at radius 3 is 2.40 bits per heavy atom. The van der Waals surface area contributed by atoms with Gasteiger partial charge in [-0.15, -0.1) is 0 Å². The molecule has 0 bridgehead atoms. The minimum absolute atomic E-state index is 0.143. The molecule has 264 valence electrons. The molecule has 2 atom stereocenters. The van der Waals surface area contributed by atoms with E-state index in [0.29, 0.717) is 54.4 Å². The standard InChI is InChI=1S/C38H44ClN5O6/c1-36(2)33(37(3,4)34(36)50-26-12-11-25(22-40)27(39)20-26)42-31(47)24-9-7-23(8-10-24)6-5-17-43-18-15-38(16-19-43)21-30(46)44(35(38)49)28-13-14-29(45)41-32(28)48/h5-12,20,28,32-34,48H,13-19,21H2,1-4H3,(H,41,45)(H,42,47)/b6-5+. The van der Waals surface area contributed by atoms with Gasteiger partial charge in [-0.25, -0.2) is 0 Å². The molecule has 6 rings (SSSR count). The number of ether oxygens (including phenoxy) is 1. The molecular weight excluding hydrogens is 658 g/mol. The van der Waals surface area contributed by atoms with Gasteiger partial charge in [-0.05, 0) is 62.2 Å². The number of aliphatic hydroxyl groups excluding tert-OH is 1. The van der Waals surface area contributed by atoms with Crippen LogP contribution in [0, 0.1) is 27.6 Å². The number of rotatable bonds is 8. The number of imide groups is 1. The summed E-state index contributed by atoms with van der Waals surface area (Å²) < 4.78 is 6.34. The van der Waals surface area contributed by atoms with Crippen molar-refractivity contribution < 1.29 is 29.0 Å². The highest BCUT2D eigenvalue weighted by molar-refractivity contribution is 6.31. The molecule has 4 amide bonds. The zero-order valence-corrected chi connectivity index (χ0v) is 29.6. The maximum absolute atomic E-state index is 13.5. The Balaban J connectivity index is 0.987. The number of hydrogen-bond acceptors (Lipinski definition) is 8. The largest absolute Gasteiger partial charge is 0.489 e. The summed E-state index contributed by atoms with van der Waals surface area (Å²) >= 11 is 6.22. The number of nitrogens with zero attached hydrogens (tertiary/aromatic N) is 3. The van der Waals surface area contributed by atoms with Gasteiger partial charge in [0.25, 0.3) is 5.91 Å². The minimum Gasteiger partial charge on any atom is -0.489 e. The smallest absolute Gasteiger partial charge is 0.251 e. The minimum atomic E-state index is -1.23. The van der Waals surface area contributed by atoms with Gasteiger partial charge in [-0.2, -0.15) is 5.26 Å². The first-order chi connectivity index (χ1) is 23.7. The summed E-state index contributed by atoms with van der Waals surface area (Å²) in [7, 11) is 0. The second kappa shape index (κ2) is 13.5. The Morgan fingerprint density at radius 2 is 1.78 bits per heavy atom. The van der Waals surface area contributed by atoms with Crippen molar-refractivity contribution in [3.05, 3.63) is 70.3 Å². The van der Waals surface area contributed by atoms with E-state index in [1.165, 1.54) is 4.90 Å². The normalized spacial score (nSPS) is 27.1. The van der Waals surface area contributed by atoms with Crippen molar-refractivity contribution >= 4 is 41.3 Å². The first-order valence-corrected chi connectivity index (χ1v) is 17.5. The van der Waals surface area contributed by atoms with Crippen LogP contribution in [0.3, 0.4) is 0 Å². The highest BCUT2D eigenvalue weighted by atomic mass is 35.5. The second-order valence-corrected chi connectivity index (χ2v) is 15.7. The summed E-state index contributed by atoms with van der Waals surface area (Å²) in [6, 6.07) is 13.7. The van der Waals surface area contributed by atoms with Gasteiger partial charge in [0, 0.05) is 47.9 Å². The van der Waals surface area contributed by atoms with E-state index >= 15 is 0 Å². The van der Waals surface area contributed by atoms with Gasteiger partial charge in [0.15, 0.2) is 0 Å². The van der Waals surface area contributed by atoms with Crippen molar-refractivity contribution in [1.82, 2.24) is 20.4 Å². The van der Waals surface area contributed by atoms with Crippen LogP contribution in [0.4, 0.5) is 0 Å². The molecule has 3 aliphatic heterocycles. The summed E-state index contributed by atoms with van der Waals surface area (Å²) in [5.41, 5.74) is 0.429. The number of nitrogens with one attached hydrogen (secondary N) is 2. The molecule has 0 aromatic heterocycles. The summed E-state index contributed by atoms with van der Waals surface area (Å²) in [6.45, 7) is 10.3. The molecule has 0 radical (unpaired) electrons. The molecule has 1 aliphatic carbocycles. The van der Waals surface area contributed by atoms with Crippen LogP contribution >= 0.6 is 11.6 Å². The van der Waals surface area contributed by atoms with Gasteiger partial charge in [-0.3, -0.25) is 29.0 Å². The Morgan fingerprint density at radius 1 is 1.10 bits per heavy atom. The van der Waals surface area contributed by atoms with Crippen LogP contribution in [0.1, 0.15) is 81.3 Å². The van der Waals surface area contributed by atoms with E-state index in [1.807, 2.05) is 30.3 Å². The highest BCUT2D eigenvalue weighted by Crippen LogP contribution is 2.55. The number of hydrogen-bond donors (Lipinski definition) is 3. The number of aliphatic hydroxyl groups is 1. The second-order valence-electron chi connectivity index (χ2n) is 15.3. The lowest BCUT2D eigenvalue weighted by atomic mass is 9.49. The van der Waals surface area contributed by atoms with E-state index in [-0.39, 0.29) is 65.9 Å². The molecule has 50 heavy (non-hydrogen) atoms. The molecule has 1 spiro atoms. The number of nitriles is 1. The number of piperidine rings is 2. The number of likely N-dealkylation sites (tertiary alicyclic amines) is 2. The molecule has 11 nitrogen and oxygen atoms in total. The SMILES string of the molecule is CC1(C)C(NC(=O)c2ccc(/C=C/CN3CCC4(CC3)CC(=O)N(C3CCC(=O)NC3O)C4=O)cc2)C(C)(C)C1Oc1ccc(C#N)c(Cl)c1. The van der Waals surface area contributed by atoms with Crippen molar-refractivity contribution in [2.24, 2.45) is 16.2 Å². The van der Waals surface area contributed by atoms with Crippen LogP contribution in [-0.2, 0) is 14.4 Å². The average Bonchev–Trinajstić information content (AvgIpc) is 3.31. The Kier molecular flexibility index (Phi) is 9.59. The molecule has 4 aliphatic rings. The van der Waals surface area contributed by atoms with E-state index in [0.717, 1.165) is 5.56 Å². The van der Waals surface area contributed by atoms with E-state index in [1.54, 1.807) is 18.2 Å². The van der Waals surface area contributed by atoms with Gasteiger partial charge < -0.3 is 20.5 Å². The molecule has 2 aromatic carbocycles. The Bertz CT molecular complexity index is 1740. The van der Waals surface area contributed by atoms with Gasteiger partial charge >= 0.3 is 0 Å². The number of amides is 4. The van der Waals surface area contributed by atoms with Gasteiger partial charge in [0.1, 0.15) is 24.2 Å². The van der Waals surface area contributed by atoms with Crippen LogP contribution in [0.15, 0.2) is 48.5 Å². The third kappa shape index (κ3) is 6.52. The third-order valence-corrected chi connectivity index (χ3v) is 11.5. The van der Waals surface area contributed by atoms with Crippen molar-refractivity contribution in [3.8, 4) is 11.8 Å². The van der Waals surface area contributed by atoms with E-state index in [4.69, 9.17) is 21.6 Å². The molecule has 3 heterocycles. The monoisotopic (exact) mass is 701 g/mol. The van der Waals surface area contributed by atoms with Gasteiger partial charge in [-0.1, -0.05) is 63.6 Å². The van der Waals surface area contributed by atoms with Crippen molar-refractivity contribution in [3.63, 3.8) is 0 Å². The zero-order chi connectivity index (χ0) is 36.0. The summed E-state index contributed by atoms with van der Waals surface area (Å²) in [5, 5.41) is 25.5. The lowest BCUT2D eigenvalue weighted by molar-refractivity contribution is -0.164. The first-order valence-electron chi connectivity index (χ1n) is 17.2. The van der Waals surface area contributed by atoms with Crippen molar-refractivity contribution in [2.45, 2.75) is 84.2 Å². The van der Waals surface area contributed by atoms with Crippen LogP contribution in [0.25, 0.3) is 6.08 Å². The Hall–Kier alpha value is -4.24. The van der Waals surface area contributed by atoms with Crippen LogP contribution in [0.5, 0.6) is 5.75 Å². The van der Waals surface area contributed by atoms with Crippen LogP contribution in [-0.4, -0.2) is 82.6 Å². The number of halogens is 1. The Labute approximate surface area is 297 Å². The summed E-state index contributed by atoms with van der Waals surface area (Å²) in [5.74, 6) is -0.357. The van der Waals surface area contributed by atoms with Crippen molar-refractivity contribution in [1.29, 1.82) is 5.26 Å². The highest BCUT2D eigenvalue weighted by Gasteiger charge is 2.64. The molecule has 3 saturated heterocycles. The lowest BCUT2D eigenvalue weighted by Crippen LogP contribution is -2.74. The summed E-state index contributed by atoms with van der Waals surface area (Å²) in [4.78, 5) is 54.7. The van der Waals surface area contributed by atoms with Crippen molar-refractivity contribution in [2.75, 3.05) is 19.6 Å². The van der Waals surface area contributed by atoms with Crippen LogP contribution in [0.2, 0.25) is 5.02 Å². The molecular formula is C38H44ClN5O6. The van der Waals surface area contributed by atoms with Crippen LogP contribution < -0.4 is 15.4 Å². The number of carbonyl (C=O) groups excluding carboxylic acids is 4. The quantitative estimate of drug-likeness (QED) is 0.345. The molecule has 12 heteroatoms. The fraction of sp³-hybridized carbons (Fsp3) is 0.500.